The number of carbonyl (C=O) groups excluding carboxylic acids is 2. The predicted octanol–water partition coefficient (Wildman–Crippen LogP) is 5.44. The summed E-state index contributed by atoms with van der Waals surface area (Å²) in [6, 6.07) is 21.4. The maximum absolute atomic E-state index is 14.0. The quantitative estimate of drug-likeness (QED) is 0.484. The molecule has 0 aromatic heterocycles. The Bertz CT molecular complexity index is 1310. The van der Waals surface area contributed by atoms with Crippen molar-refractivity contribution in [3.63, 3.8) is 0 Å². The number of hydrogen-bond acceptors (Lipinski definition) is 4. The fourth-order valence-electron chi connectivity index (χ4n) is 4.95. The van der Waals surface area contributed by atoms with Crippen molar-refractivity contribution in [1.82, 2.24) is 0 Å². The molecule has 0 N–H and O–H groups in total. The maximum Gasteiger partial charge on any atom is 0.282 e. The molecule has 0 radical (unpaired) electrons. The molecule has 2 aliphatic heterocycles. The van der Waals surface area contributed by atoms with Gasteiger partial charge >= 0.3 is 0 Å². The molecule has 3 aromatic rings. The van der Waals surface area contributed by atoms with E-state index in [0.717, 1.165) is 35.4 Å². The first-order valence-corrected chi connectivity index (χ1v) is 11.8. The topological polar surface area (TPSA) is 49.9 Å². The Morgan fingerprint density at radius 2 is 1.65 bits per heavy atom. The number of para-hydroxylation sites is 1. The molecule has 5 nitrogen and oxygen atoms in total. The molecule has 0 bridgehead atoms. The second kappa shape index (κ2) is 8.82. The summed E-state index contributed by atoms with van der Waals surface area (Å²) in [5.41, 5.74) is 6.40. The molecule has 2 heterocycles. The molecule has 0 aliphatic carbocycles. The van der Waals surface area contributed by atoms with Crippen LogP contribution in [0.2, 0.25) is 0 Å². The molecule has 0 atom stereocenters. The van der Waals surface area contributed by atoms with E-state index >= 15 is 0 Å². The highest BCUT2D eigenvalue weighted by Gasteiger charge is 2.44. The zero-order valence-electron chi connectivity index (χ0n) is 19.8. The molecule has 2 aliphatic rings. The number of amides is 2. The van der Waals surface area contributed by atoms with Crippen molar-refractivity contribution in [1.29, 1.82) is 0 Å². The number of ether oxygens (including phenoxy) is 1. The number of anilines is 2. The summed E-state index contributed by atoms with van der Waals surface area (Å²) in [5, 5.41) is 0. The van der Waals surface area contributed by atoms with Crippen LogP contribution < -0.4 is 14.5 Å². The van der Waals surface area contributed by atoms with Gasteiger partial charge in [-0.15, -0.1) is 0 Å². The van der Waals surface area contributed by atoms with Crippen molar-refractivity contribution >= 4 is 28.8 Å². The van der Waals surface area contributed by atoms with Crippen LogP contribution in [0, 0.1) is 13.8 Å². The molecule has 5 heteroatoms. The SMILES string of the molecule is CCOc1ccc(C2=C(N3CCCc4ccccc43)C(=O)N(c3ccc(C)cc3C)C2=O)cc1. The number of hydrogen-bond donors (Lipinski definition) is 0. The van der Waals surface area contributed by atoms with Gasteiger partial charge in [-0.05, 0) is 74.6 Å². The number of imide groups is 1. The summed E-state index contributed by atoms with van der Waals surface area (Å²) in [7, 11) is 0. The third-order valence-electron chi connectivity index (χ3n) is 6.49. The Kier molecular flexibility index (Phi) is 5.70. The lowest BCUT2D eigenvalue weighted by molar-refractivity contribution is -0.120. The number of carbonyl (C=O) groups is 2. The lowest BCUT2D eigenvalue weighted by atomic mass is 9.98. The Morgan fingerprint density at radius 3 is 2.38 bits per heavy atom. The van der Waals surface area contributed by atoms with Crippen LogP contribution in [0.3, 0.4) is 0 Å². The van der Waals surface area contributed by atoms with Crippen molar-refractivity contribution in [2.45, 2.75) is 33.6 Å². The van der Waals surface area contributed by atoms with Gasteiger partial charge in [0.15, 0.2) is 0 Å². The van der Waals surface area contributed by atoms with Crippen molar-refractivity contribution in [2.75, 3.05) is 23.0 Å². The van der Waals surface area contributed by atoms with E-state index in [1.54, 1.807) is 0 Å². The first kappa shape index (κ1) is 22.0. The van der Waals surface area contributed by atoms with E-state index in [4.69, 9.17) is 4.74 Å². The number of fused-ring (bicyclic) bond motifs is 1. The van der Waals surface area contributed by atoms with Gasteiger partial charge in [0.25, 0.3) is 11.8 Å². The summed E-state index contributed by atoms with van der Waals surface area (Å²) in [5.74, 6) is 0.163. The molecule has 34 heavy (non-hydrogen) atoms. The van der Waals surface area contributed by atoms with Gasteiger partial charge in [0.2, 0.25) is 0 Å². The molecule has 0 saturated carbocycles. The smallest absolute Gasteiger partial charge is 0.282 e. The Hall–Kier alpha value is -3.86. The third kappa shape index (κ3) is 3.67. The molecule has 0 saturated heterocycles. The lowest BCUT2D eigenvalue weighted by Crippen LogP contribution is -2.37. The highest BCUT2D eigenvalue weighted by molar-refractivity contribution is 6.46. The van der Waals surface area contributed by atoms with Crippen LogP contribution in [-0.4, -0.2) is 25.0 Å². The average molecular weight is 453 g/mol. The first-order valence-electron chi connectivity index (χ1n) is 11.8. The van der Waals surface area contributed by atoms with E-state index in [2.05, 4.69) is 6.07 Å². The van der Waals surface area contributed by atoms with Crippen LogP contribution in [0.4, 0.5) is 11.4 Å². The number of nitrogens with zero attached hydrogens (tertiary/aromatic N) is 2. The van der Waals surface area contributed by atoms with Gasteiger partial charge in [0.1, 0.15) is 11.4 Å². The van der Waals surface area contributed by atoms with Crippen LogP contribution in [-0.2, 0) is 16.0 Å². The first-order chi connectivity index (χ1) is 16.5. The molecule has 2 amide bonds. The van der Waals surface area contributed by atoms with E-state index in [9.17, 15) is 9.59 Å². The van der Waals surface area contributed by atoms with E-state index in [1.165, 1.54) is 10.5 Å². The van der Waals surface area contributed by atoms with Gasteiger partial charge in [-0.1, -0.05) is 48.0 Å². The molecule has 3 aromatic carbocycles. The number of aryl methyl sites for hydroxylation is 3. The van der Waals surface area contributed by atoms with E-state index in [0.29, 0.717) is 35.7 Å². The van der Waals surface area contributed by atoms with Gasteiger partial charge in [-0.25, -0.2) is 4.90 Å². The highest BCUT2D eigenvalue weighted by Crippen LogP contribution is 2.40. The molecule has 0 fully saturated rings. The molecule has 172 valence electrons. The van der Waals surface area contributed by atoms with Crippen LogP contribution in [0.25, 0.3) is 5.57 Å². The second-order valence-electron chi connectivity index (χ2n) is 8.80. The van der Waals surface area contributed by atoms with Gasteiger partial charge in [-0.2, -0.15) is 0 Å². The monoisotopic (exact) mass is 452 g/mol. The van der Waals surface area contributed by atoms with Crippen LogP contribution >= 0.6 is 0 Å². The second-order valence-corrected chi connectivity index (χ2v) is 8.80. The normalized spacial score (nSPS) is 15.7. The fourth-order valence-corrected chi connectivity index (χ4v) is 4.95. The standard InChI is InChI=1S/C29H28N2O3/c1-4-34-23-14-12-22(13-15-23)26-27(30-17-7-9-21-8-5-6-10-25(21)30)29(33)31(28(26)32)24-16-11-19(2)18-20(24)3/h5-6,8,10-16,18H,4,7,9,17H2,1-3H3. The Labute approximate surface area is 200 Å². The van der Waals surface area contributed by atoms with Gasteiger partial charge < -0.3 is 9.64 Å². The molecule has 5 rings (SSSR count). The summed E-state index contributed by atoms with van der Waals surface area (Å²) in [6.45, 7) is 7.13. The molecule has 0 unspecified atom stereocenters. The summed E-state index contributed by atoms with van der Waals surface area (Å²) in [6.07, 6.45) is 1.88. The predicted molar refractivity (Wildman–Crippen MR) is 135 cm³/mol. The minimum absolute atomic E-state index is 0.280. The summed E-state index contributed by atoms with van der Waals surface area (Å²) < 4.78 is 5.59. The molecular weight excluding hydrogens is 424 g/mol. The van der Waals surface area contributed by atoms with E-state index in [1.807, 2.05) is 86.3 Å². The summed E-state index contributed by atoms with van der Waals surface area (Å²) in [4.78, 5) is 31.3. The van der Waals surface area contributed by atoms with Gasteiger partial charge in [-0.3, -0.25) is 9.59 Å². The van der Waals surface area contributed by atoms with Crippen LogP contribution in [0.15, 0.2) is 72.4 Å². The zero-order valence-corrected chi connectivity index (χ0v) is 19.8. The number of benzene rings is 3. The van der Waals surface area contributed by atoms with Crippen molar-refractivity contribution in [2.24, 2.45) is 0 Å². The minimum Gasteiger partial charge on any atom is -0.494 e. The largest absolute Gasteiger partial charge is 0.494 e. The third-order valence-corrected chi connectivity index (χ3v) is 6.49. The van der Waals surface area contributed by atoms with Crippen LogP contribution in [0.5, 0.6) is 5.75 Å². The van der Waals surface area contributed by atoms with Crippen LogP contribution in [0.1, 0.15) is 35.6 Å². The summed E-state index contributed by atoms with van der Waals surface area (Å²) >= 11 is 0. The lowest BCUT2D eigenvalue weighted by Gasteiger charge is -2.32. The molecular formula is C29H28N2O3. The minimum atomic E-state index is -0.292. The van der Waals surface area contributed by atoms with E-state index < -0.39 is 0 Å². The van der Waals surface area contributed by atoms with Gasteiger partial charge in [0.05, 0.1) is 17.9 Å². The van der Waals surface area contributed by atoms with E-state index in [-0.39, 0.29) is 11.8 Å². The average Bonchev–Trinajstić information content (AvgIpc) is 3.09. The number of rotatable bonds is 5. The Morgan fingerprint density at radius 1 is 0.882 bits per heavy atom. The Balaban J connectivity index is 1.67. The van der Waals surface area contributed by atoms with Crippen molar-refractivity contribution in [3.05, 3.63) is 94.7 Å². The maximum atomic E-state index is 14.0. The molecule has 0 spiro atoms. The highest BCUT2D eigenvalue weighted by atomic mass is 16.5. The fraction of sp³-hybridized carbons (Fsp3) is 0.241. The van der Waals surface area contributed by atoms with Crippen molar-refractivity contribution in [3.8, 4) is 5.75 Å². The van der Waals surface area contributed by atoms with Crippen molar-refractivity contribution < 1.29 is 14.3 Å². The van der Waals surface area contributed by atoms with Gasteiger partial charge in [0, 0.05) is 12.2 Å². The zero-order chi connectivity index (χ0) is 23.8.